The van der Waals surface area contributed by atoms with E-state index in [4.69, 9.17) is 5.10 Å². The van der Waals surface area contributed by atoms with Crippen molar-refractivity contribution >= 4 is 11.7 Å². The molecule has 0 saturated heterocycles. The quantitative estimate of drug-likeness (QED) is 0.495. The van der Waals surface area contributed by atoms with Gasteiger partial charge in [-0.15, -0.1) is 0 Å². The molecule has 0 aliphatic rings. The first-order chi connectivity index (χ1) is 16.3. The highest BCUT2D eigenvalue weighted by Crippen LogP contribution is 2.28. The normalized spacial score (nSPS) is 10.7. The van der Waals surface area contributed by atoms with Crippen LogP contribution in [0.4, 0.5) is 5.82 Å². The van der Waals surface area contributed by atoms with E-state index in [1.165, 1.54) is 0 Å². The molecular formula is C26H24N6O2. The Kier molecular flexibility index (Phi) is 6.11. The molecular weight excluding hydrogens is 428 g/mol. The third-order valence-electron chi connectivity index (χ3n) is 5.69. The first-order valence-corrected chi connectivity index (χ1v) is 10.8. The Morgan fingerprint density at radius 3 is 2.47 bits per heavy atom. The van der Waals surface area contributed by atoms with Crippen molar-refractivity contribution in [1.29, 1.82) is 5.26 Å². The molecule has 1 amide bonds. The van der Waals surface area contributed by atoms with Gasteiger partial charge in [0.1, 0.15) is 24.0 Å². The number of nitrogens with one attached hydrogen (secondary N) is 1. The van der Waals surface area contributed by atoms with E-state index in [0.717, 1.165) is 27.1 Å². The lowest BCUT2D eigenvalue weighted by atomic mass is 10.0. The van der Waals surface area contributed by atoms with Gasteiger partial charge >= 0.3 is 0 Å². The zero-order valence-corrected chi connectivity index (χ0v) is 19.5. The van der Waals surface area contributed by atoms with Crippen LogP contribution in [0.5, 0.6) is 0 Å². The molecule has 4 aromatic rings. The van der Waals surface area contributed by atoms with Gasteiger partial charge < -0.3 is 5.32 Å². The van der Waals surface area contributed by atoms with Gasteiger partial charge in [0.2, 0.25) is 5.91 Å². The molecule has 0 bridgehead atoms. The Labute approximate surface area is 197 Å². The minimum atomic E-state index is -0.589. The van der Waals surface area contributed by atoms with Gasteiger partial charge in [-0.3, -0.25) is 9.59 Å². The first kappa shape index (κ1) is 22.7. The van der Waals surface area contributed by atoms with Gasteiger partial charge in [-0.2, -0.15) is 15.5 Å². The lowest BCUT2D eigenvalue weighted by Crippen LogP contribution is -2.32. The maximum Gasteiger partial charge on any atom is 0.285 e. The molecule has 4 rings (SSSR count). The number of hydrogen-bond acceptors (Lipinski definition) is 5. The molecule has 2 aromatic heterocycles. The Morgan fingerprint density at radius 1 is 1.03 bits per heavy atom. The van der Waals surface area contributed by atoms with Crippen molar-refractivity contribution in [1.82, 2.24) is 19.6 Å². The van der Waals surface area contributed by atoms with Crippen LogP contribution in [0.15, 0.2) is 59.4 Å². The number of aryl methyl sites for hydroxylation is 3. The monoisotopic (exact) mass is 452 g/mol. The molecule has 0 unspecified atom stereocenters. The second kappa shape index (κ2) is 9.16. The number of nitrogens with zero attached hydrogens (tertiary/aromatic N) is 5. The average molecular weight is 453 g/mol. The minimum absolute atomic E-state index is 0.00756. The summed E-state index contributed by atoms with van der Waals surface area (Å²) in [6.45, 7) is 7.07. The standard InChI is InChI=1S/C26H24N6O2/c1-16-10-11-17(2)21(12-16)23-13-24(32(30-23)20-8-6-5-7-9-20)28-25(33)15-31-26(34)22(14-27)18(3)19(4)29-31/h5-13H,15H2,1-4H3,(H,28,33). The van der Waals surface area contributed by atoms with Crippen LogP contribution in [0.3, 0.4) is 0 Å². The highest BCUT2D eigenvalue weighted by atomic mass is 16.2. The first-order valence-electron chi connectivity index (χ1n) is 10.8. The van der Waals surface area contributed by atoms with E-state index in [-0.39, 0.29) is 12.1 Å². The molecule has 0 aliphatic heterocycles. The fourth-order valence-electron chi connectivity index (χ4n) is 3.71. The molecule has 2 aromatic carbocycles. The Bertz CT molecular complexity index is 1490. The van der Waals surface area contributed by atoms with Crippen molar-refractivity contribution in [2.75, 3.05) is 5.32 Å². The SMILES string of the molecule is Cc1ccc(C)c(-c2cc(NC(=O)Cn3nc(C)c(C)c(C#N)c3=O)n(-c3ccccc3)n2)c1. The van der Waals surface area contributed by atoms with Crippen LogP contribution in [-0.4, -0.2) is 25.5 Å². The van der Waals surface area contributed by atoms with Crippen molar-refractivity contribution in [3.8, 4) is 23.0 Å². The summed E-state index contributed by atoms with van der Waals surface area (Å²) in [5.41, 5.74) is 5.08. The largest absolute Gasteiger partial charge is 0.309 e. The second-order valence-corrected chi connectivity index (χ2v) is 8.19. The molecule has 2 heterocycles. The number of amides is 1. The summed E-state index contributed by atoms with van der Waals surface area (Å²) in [5.74, 6) is 0.0100. The predicted octanol–water partition coefficient (Wildman–Crippen LogP) is 3.84. The summed E-state index contributed by atoms with van der Waals surface area (Å²) in [5, 5.41) is 21.1. The molecule has 0 saturated carbocycles. The molecule has 0 aliphatic carbocycles. The maximum atomic E-state index is 12.9. The summed E-state index contributed by atoms with van der Waals surface area (Å²) in [4.78, 5) is 25.5. The van der Waals surface area contributed by atoms with Crippen molar-refractivity contribution in [2.24, 2.45) is 0 Å². The van der Waals surface area contributed by atoms with E-state index < -0.39 is 11.5 Å². The molecule has 34 heavy (non-hydrogen) atoms. The van der Waals surface area contributed by atoms with Crippen LogP contribution in [0.25, 0.3) is 16.9 Å². The second-order valence-electron chi connectivity index (χ2n) is 8.19. The number of hydrogen-bond donors (Lipinski definition) is 1. The van der Waals surface area contributed by atoms with E-state index in [1.807, 2.05) is 68.4 Å². The number of carbonyl (C=O) groups is 1. The lowest BCUT2D eigenvalue weighted by molar-refractivity contribution is -0.117. The van der Waals surface area contributed by atoms with Crippen molar-refractivity contribution in [2.45, 2.75) is 34.2 Å². The van der Waals surface area contributed by atoms with E-state index in [2.05, 4.69) is 16.5 Å². The van der Waals surface area contributed by atoms with Gasteiger partial charge in [-0.25, -0.2) is 9.36 Å². The van der Waals surface area contributed by atoms with Gasteiger partial charge in [0.15, 0.2) is 0 Å². The number of benzene rings is 2. The number of nitriles is 1. The van der Waals surface area contributed by atoms with E-state index >= 15 is 0 Å². The van der Waals surface area contributed by atoms with E-state index in [9.17, 15) is 14.9 Å². The zero-order valence-electron chi connectivity index (χ0n) is 19.5. The van der Waals surface area contributed by atoms with E-state index in [0.29, 0.717) is 22.8 Å². The fraction of sp³-hybridized carbons (Fsp3) is 0.192. The summed E-state index contributed by atoms with van der Waals surface area (Å²) >= 11 is 0. The lowest BCUT2D eigenvalue weighted by Gasteiger charge is -2.11. The summed E-state index contributed by atoms with van der Waals surface area (Å²) in [7, 11) is 0. The summed E-state index contributed by atoms with van der Waals surface area (Å²) in [6, 6.07) is 19.3. The summed E-state index contributed by atoms with van der Waals surface area (Å²) < 4.78 is 2.68. The number of carbonyl (C=O) groups excluding carboxylic acids is 1. The average Bonchev–Trinajstić information content (AvgIpc) is 3.23. The van der Waals surface area contributed by atoms with Crippen molar-refractivity contribution in [3.05, 3.63) is 92.9 Å². The number of rotatable bonds is 5. The van der Waals surface area contributed by atoms with Gasteiger partial charge in [0, 0.05) is 11.6 Å². The summed E-state index contributed by atoms with van der Waals surface area (Å²) in [6.07, 6.45) is 0. The molecule has 0 fully saturated rings. The van der Waals surface area contributed by atoms with Gasteiger partial charge in [0.25, 0.3) is 5.56 Å². The molecule has 8 heteroatoms. The molecule has 0 atom stereocenters. The van der Waals surface area contributed by atoms with Crippen LogP contribution in [0.2, 0.25) is 0 Å². The Morgan fingerprint density at radius 2 is 1.76 bits per heavy atom. The van der Waals surface area contributed by atoms with Gasteiger partial charge in [-0.1, -0.05) is 35.9 Å². The third-order valence-corrected chi connectivity index (χ3v) is 5.69. The van der Waals surface area contributed by atoms with Crippen LogP contribution >= 0.6 is 0 Å². The van der Waals surface area contributed by atoms with Crippen molar-refractivity contribution < 1.29 is 4.79 Å². The van der Waals surface area contributed by atoms with Crippen LogP contribution in [-0.2, 0) is 11.3 Å². The van der Waals surface area contributed by atoms with Gasteiger partial charge in [0.05, 0.1) is 17.1 Å². The molecule has 1 N–H and O–H groups in total. The number of para-hydroxylation sites is 1. The highest BCUT2D eigenvalue weighted by molar-refractivity contribution is 5.90. The van der Waals surface area contributed by atoms with Crippen LogP contribution in [0, 0.1) is 39.0 Å². The van der Waals surface area contributed by atoms with Crippen molar-refractivity contribution in [3.63, 3.8) is 0 Å². The number of aromatic nitrogens is 4. The molecule has 170 valence electrons. The highest BCUT2D eigenvalue weighted by Gasteiger charge is 2.18. The minimum Gasteiger partial charge on any atom is -0.309 e. The zero-order chi connectivity index (χ0) is 24.4. The third kappa shape index (κ3) is 4.36. The van der Waals surface area contributed by atoms with Crippen LogP contribution < -0.4 is 10.9 Å². The number of anilines is 1. The molecule has 0 radical (unpaired) electrons. The predicted molar refractivity (Wildman–Crippen MR) is 130 cm³/mol. The van der Waals surface area contributed by atoms with Gasteiger partial charge in [-0.05, 0) is 57.0 Å². The molecule has 8 nitrogen and oxygen atoms in total. The fourth-order valence-corrected chi connectivity index (χ4v) is 3.71. The Hall–Kier alpha value is -4.51. The van der Waals surface area contributed by atoms with E-state index in [1.54, 1.807) is 18.5 Å². The topological polar surface area (TPSA) is 106 Å². The smallest absolute Gasteiger partial charge is 0.285 e. The molecule has 0 spiro atoms. The van der Waals surface area contributed by atoms with Crippen LogP contribution in [0.1, 0.15) is 27.9 Å². The maximum absolute atomic E-state index is 12.9. The Balaban J connectivity index is 1.72.